The zero-order chi connectivity index (χ0) is 21.1. The van der Waals surface area contributed by atoms with E-state index in [2.05, 4.69) is 20.6 Å². The number of hydrogen-bond donors (Lipinski definition) is 3. The predicted molar refractivity (Wildman–Crippen MR) is 105 cm³/mol. The highest BCUT2D eigenvalue weighted by Gasteiger charge is 2.23. The number of rotatable bonds is 6. The fraction of sp³-hybridized carbons (Fsp3) is 0.389. The lowest BCUT2D eigenvalue weighted by atomic mass is 9.92. The first-order valence-electron chi connectivity index (χ1n) is 8.72. The molecule has 1 aromatic carbocycles. The van der Waals surface area contributed by atoms with Crippen molar-refractivity contribution in [2.75, 3.05) is 17.7 Å². The summed E-state index contributed by atoms with van der Waals surface area (Å²) in [5.74, 6) is -0.287. The molecule has 10 heteroatoms. The van der Waals surface area contributed by atoms with Crippen LogP contribution in [0.4, 0.5) is 20.7 Å². The molecule has 0 radical (unpaired) electrons. The molecule has 1 aromatic heterocycles. The number of halogens is 1. The van der Waals surface area contributed by atoms with E-state index in [9.17, 15) is 17.6 Å². The molecule has 1 heterocycles. The van der Waals surface area contributed by atoms with Crippen LogP contribution in [0.1, 0.15) is 50.7 Å². The van der Waals surface area contributed by atoms with Crippen molar-refractivity contribution in [2.24, 2.45) is 0 Å². The Labute approximate surface area is 164 Å². The number of nitrogens with zero attached hydrogens (tertiary/aromatic N) is 2. The second-order valence-electron chi connectivity index (χ2n) is 6.82. The van der Waals surface area contributed by atoms with E-state index in [0.717, 1.165) is 6.33 Å². The first-order chi connectivity index (χ1) is 13.0. The fourth-order valence-electron chi connectivity index (χ4n) is 2.64. The van der Waals surface area contributed by atoms with E-state index in [0.29, 0.717) is 22.6 Å². The van der Waals surface area contributed by atoms with Gasteiger partial charge in [0.1, 0.15) is 18.0 Å². The van der Waals surface area contributed by atoms with Gasteiger partial charge in [-0.25, -0.2) is 23.9 Å². The number of nitrogens with one attached hydrogen (secondary N) is 3. The fourth-order valence-corrected chi connectivity index (χ4v) is 3.49. The van der Waals surface area contributed by atoms with Crippen LogP contribution >= 0.6 is 0 Å². The van der Waals surface area contributed by atoms with Crippen molar-refractivity contribution >= 4 is 27.6 Å². The van der Waals surface area contributed by atoms with Gasteiger partial charge < -0.3 is 10.6 Å². The number of carbonyl (C=O) groups is 1. The summed E-state index contributed by atoms with van der Waals surface area (Å²) in [5.41, 5.74) is 1.56. The van der Waals surface area contributed by atoms with Crippen LogP contribution in [0.25, 0.3) is 0 Å². The molecular formula is C18H24FN5O3S. The molecule has 0 atom stereocenters. The van der Waals surface area contributed by atoms with Crippen molar-refractivity contribution in [2.45, 2.75) is 44.6 Å². The second-order valence-corrected chi connectivity index (χ2v) is 8.45. The minimum absolute atomic E-state index is 0.0832. The number of amides is 2. The molecule has 0 aliphatic heterocycles. The summed E-state index contributed by atoms with van der Waals surface area (Å²) in [6.07, 6.45) is 1.08. The number of anilines is 2. The SMILES string of the molecule is CNc1cc(S(=O)(=O)NC(=O)Nc2c(C(C)C)cc(F)cc2C(C)C)ncn1. The number of sulfonamides is 1. The summed E-state index contributed by atoms with van der Waals surface area (Å²) in [5, 5.41) is 4.91. The largest absolute Gasteiger partial charge is 0.373 e. The number of hydrogen-bond acceptors (Lipinski definition) is 6. The highest BCUT2D eigenvalue weighted by atomic mass is 32.2. The van der Waals surface area contributed by atoms with E-state index in [1.807, 2.05) is 32.4 Å². The van der Waals surface area contributed by atoms with Crippen molar-refractivity contribution in [3.05, 3.63) is 41.5 Å². The maximum Gasteiger partial charge on any atom is 0.333 e. The maximum absolute atomic E-state index is 14.0. The molecule has 0 saturated carbocycles. The summed E-state index contributed by atoms with van der Waals surface area (Å²) in [6.45, 7) is 7.44. The molecular weight excluding hydrogens is 385 g/mol. The van der Waals surface area contributed by atoms with Crippen molar-refractivity contribution in [3.8, 4) is 0 Å². The van der Waals surface area contributed by atoms with Crippen molar-refractivity contribution in [1.29, 1.82) is 0 Å². The van der Waals surface area contributed by atoms with Crippen molar-refractivity contribution in [3.63, 3.8) is 0 Å². The Morgan fingerprint density at radius 1 is 1.04 bits per heavy atom. The van der Waals surface area contributed by atoms with Crippen LogP contribution in [-0.2, 0) is 10.0 Å². The van der Waals surface area contributed by atoms with E-state index in [1.165, 1.54) is 18.2 Å². The van der Waals surface area contributed by atoms with Gasteiger partial charge in [-0.15, -0.1) is 0 Å². The zero-order valence-electron chi connectivity index (χ0n) is 16.4. The third-order valence-electron chi connectivity index (χ3n) is 4.05. The third kappa shape index (κ3) is 4.94. The molecule has 2 aromatic rings. The molecule has 0 bridgehead atoms. The topological polar surface area (TPSA) is 113 Å². The third-order valence-corrected chi connectivity index (χ3v) is 5.28. The molecule has 2 amide bonds. The quantitative estimate of drug-likeness (QED) is 0.630. The van der Waals surface area contributed by atoms with E-state index in [4.69, 9.17) is 0 Å². The van der Waals surface area contributed by atoms with Crippen molar-refractivity contribution in [1.82, 2.24) is 14.7 Å². The molecule has 8 nitrogen and oxygen atoms in total. The second kappa shape index (κ2) is 8.51. The predicted octanol–water partition coefficient (Wildman–Crippen LogP) is 3.41. The van der Waals surface area contributed by atoms with Gasteiger partial charge >= 0.3 is 6.03 Å². The summed E-state index contributed by atoms with van der Waals surface area (Å²) in [6, 6.07) is 2.92. The summed E-state index contributed by atoms with van der Waals surface area (Å²) < 4.78 is 40.8. The number of carbonyl (C=O) groups excluding carboxylic acids is 1. The Balaban J connectivity index is 2.34. The molecule has 3 N–H and O–H groups in total. The van der Waals surface area contributed by atoms with Crippen LogP contribution in [0, 0.1) is 5.82 Å². The van der Waals surface area contributed by atoms with E-state index in [-0.39, 0.29) is 16.9 Å². The monoisotopic (exact) mass is 409 g/mol. The molecule has 0 saturated heterocycles. The molecule has 0 fully saturated rings. The van der Waals surface area contributed by atoms with E-state index in [1.54, 1.807) is 7.05 Å². The van der Waals surface area contributed by atoms with Gasteiger partial charge in [-0.2, -0.15) is 8.42 Å². The van der Waals surface area contributed by atoms with Crippen LogP contribution in [0.3, 0.4) is 0 Å². The van der Waals surface area contributed by atoms with E-state index >= 15 is 0 Å². The molecule has 0 spiro atoms. The number of aromatic nitrogens is 2. The average Bonchev–Trinajstić information content (AvgIpc) is 2.62. The van der Waals surface area contributed by atoms with Crippen molar-refractivity contribution < 1.29 is 17.6 Å². The average molecular weight is 409 g/mol. The lowest BCUT2D eigenvalue weighted by molar-refractivity contribution is 0.256. The summed E-state index contributed by atoms with van der Waals surface area (Å²) in [7, 11) is -2.64. The van der Waals surface area contributed by atoms with Gasteiger partial charge in [0.15, 0.2) is 5.03 Å². The molecule has 2 rings (SSSR count). The summed E-state index contributed by atoms with van der Waals surface area (Å²) in [4.78, 5) is 20.0. The Bertz CT molecular complexity index is 948. The highest BCUT2D eigenvalue weighted by Crippen LogP contribution is 2.33. The standard InChI is InChI=1S/C18H24FN5O3S/c1-10(2)13-6-12(19)7-14(11(3)4)17(13)23-18(25)24-28(26,27)16-8-15(20-5)21-9-22-16/h6-11H,1-5H3,(H,20,21,22)(H2,23,24,25). The van der Waals surface area contributed by atoms with Gasteiger partial charge in [-0.3, -0.25) is 0 Å². The van der Waals surface area contributed by atoms with Gasteiger partial charge in [0.2, 0.25) is 0 Å². The van der Waals surface area contributed by atoms with Gasteiger partial charge in [-0.1, -0.05) is 27.7 Å². The molecule has 28 heavy (non-hydrogen) atoms. The Kier molecular flexibility index (Phi) is 6.55. The van der Waals surface area contributed by atoms with E-state index < -0.39 is 21.9 Å². The van der Waals surface area contributed by atoms with Crippen LogP contribution in [0.2, 0.25) is 0 Å². The molecule has 0 unspecified atom stereocenters. The lowest BCUT2D eigenvalue weighted by Gasteiger charge is -2.20. The number of benzene rings is 1. The zero-order valence-corrected chi connectivity index (χ0v) is 17.2. The lowest BCUT2D eigenvalue weighted by Crippen LogP contribution is -2.35. The smallest absolute Gasteiger partial charge is 0.333 e. The normalized spacial score (nSPS) is 11.6. The highest BCUT2D eigenvalue weighted by molar-refractivity contribution is 7.90. The number of urea groups is 1. The van der Waals surface area contributed by atoms with Crippen LogP contribution < -0.4 is 15.4 Å². The van der Waals surface area contributed by atoms with Gasteiger partial charge in [-0.05, 0) is 35.1 Å². The van der Waals surface area contributed by atoms with Crippen LogP contribution in [-0.4, -0.2) is 31.5 Å². The van der Waals surface area contributed by atoms with Gasteiger partial charge in [0.05, 0.1) is 0 Å². The Hall–Kier alpha value is -2.75. The molecule has 0 aliphatic carbocycles. The Morgan fingerprint density at radius 2 is 1.61 bits per heavy atom. The minimum Gasteiger partial charge on any atom is -0.373 e. The van der Waals surface area contributed by atoms with Crippen LogP contribution in [0.5, 0.6) is 0 Å². The minimum atomic E-state index is -4.21. The van der Waals surface area contributed by atoms with Crippen LogP contribution in [0.15, 0.2) is 29.6 Å². The Morgan fingerprint density at radius 3 is 2.11 bits per heavy atom. The van der Waals surface area contributed by atoms with Gasteiger partial charge in [0.25, 0.3) is 10.0 Å². The first-order valence-corrected chi connectivity index (χ1v) is 10.2. The summed E-state index contributed by atoms with van der Waals surface area (Å²) >= 11 is 0. The molecule has 152 valence electrons. The molecule has 0 aliphatic rings. The maximum atomic E-state index is 14.0. The first kappa shape index (κ1) is 21.5. The van der Waals surface area contributed by atoms with Gasteiger partial charge in [0, 0.05) is 18.8 Å².